The van der Waals surface area contributed by atoms with Gasteiger partial charge in [0.05, 0.1) is 7.11 Å². The molecular formula is C18H17N3O4. The predicted molar refractivity (Wildman–Crippen MR) is 91.6 cm³/mol. The van der Waals surface area contributed by atoms with Crippen molar-refractivity contribution in [3.05, 3.63) is 54.1 Å². The van der Waals surface area contributed by atoms with E-state index >= 15 is 0 Å². The molecule has 0 aliphatic carbocycles. The number of carbonyl (C=O) groups excluding carboxylic acids is 1. The number of carbonyl (C=O) groups is 1. The van der Waals surface area contributed by atoms with Gasteiger partial charge in [-0.2, -0.15) is 4.98 Å². The number of nitrogens with one attached hydrogen (secondary N) is 1. The van der Waals surface area contributed by atoms with Gasteiger partial charge in [-0.3, -0.25) is 10.1 Å². The molecule has 128 valence electrons. The van der Waals surface area contributed by atoms with Gasteiger partial charge in [0.1, 0.15) is 0 Å². The van der Waals surface area contributed by atoms with Crippen molar-refractivity contribution in [2.24, 2.45) is 0 Å². The number of anilines is 1. The van der Waals surface area contributed by atoms with Crippen LogP contribution in [0, 0.1) is 6.92 Å². The molecule has 3 aromatic rings. The molecule has 0 aliphatic rings. The van der Waals surface area contributed by atoms with Crippen molar-refractivity contribution in [3.8, 4) is 23.0 Å². The summed E-state index contributed by atoms with van der Waals surface area (Å²) in [5.41, 5.74) is 1.91. The standard InChI is InChI=1S/C18H17N3O4/c1-12-7-9-13(10-8-12)17-20-18(21-25-17)19-16(22)11-24-15-6-4-3-5-14(15)23-2/h3-10H,11H2,1-2H3,(H,19,21,22). The normalized spacial score (nSPS) is 10.3. The number of hydrogen-bond acceptors (Lipinski definition) is 6. The number of aromatic nitrogens is 2. The summed E-state index contributed by atoms with van der Waals surface area (Å²) in [7, 11) is 1.54. The molecule has 0 radical (unpaired) electrons. The van der Waals surface area contributed by atoms with Crippen molar-refractivity contribution >= 4 is 11.9 Å². The lowest BCUT2D eigenvalue weighted by atomic mass is 10.1. The minimum absolute atomic E-state index is 0.0872. The third-order valence-electron chi connectivity index (χ3n) is 3.40. The minimum Gasteiger partial charge on any atom is -0.493 e. The monoisotopic (exact) mass is 339 g/mol. The summed E-state index contributed by atoms with van der Waals surface area (Å²) >= 11 is 0. The van der Waals surface area contributed by atoms with Crippen LogP contribution in [0.15, 0.2) is 53.1 Å². The number of benzene rings is 2. The second-order valence-electron chi connectivity index (χ2n) is 5.28. The lowest BCUT2D eigenvalue weighted by molar-refractivity contribution is -0.118. The Morgan fingerprint density at radius 3 is 2.56 bits per heavy atom. The molecule has 7 nitrogen and oxygen atoms in total. The summed E-state index contributed by atoms with van der Waals surface area (Å²) < 4.78 is 15.8. The van der Waals surface area contributed by atoms with E-state index in [1.165, 1.54) is 7.11 Å². The molecular weight excluding hydrogens is 322 g/mol. The van der Waals surface area contributed by atoms with E-state index in [0.717, 1.165) is 11.1 Å². The number of nitrogens with zero attached hydrogens (tertiary/aromatic N) is 2. The summed E-state index contributed by atoms with van der Waals surface area (Å²) in [4.78, 5) is 16.1. The zero-order valence-corrected chi connectivity index (χ0v) is 13.9. The van der Waals surface area contributed by atoms with Gasteiger partial charge in [0.2, 0.25) is 0 Å². The van der Waals surface area contributed by atoms with Crippen LogP contribution in [-0.2, 0) is 4.79 Å². The second kappa shape index (κ2) is 7.48. The van der Waals surface area contributed by atoms with E-state index in [1.807, 2.05) is 37.3 Å². The van der Waals surface area contributed by atoms with Crippen molar-refractivity contribution in [3.63, 3.8) is 0 Å². The maximum absolute atomic E-state index is 12.0. The Hall–Kier alpha value is -3.35. The van der Waals surface area contributed by atoms with Gasteiger partial charge in [0.25, 0.3) is 17.7 Å². The van der Waals surface area contributed by atoms with E-state index in [1.54, 1.807) is 18.2 Å². The van der Waals surface area contributed by atoms with Gasteiger partial charge in [-0.1, -0.05) is 29.8 Å². The Morgan fingerprint density at radius 1 is 1.12 bits per heavy atom. The van der Waals surface area contributed by atoms with Crippen LogP contribution in [0.25, 0.3) is 11.5 Å². The fraction of sp³-hybridized carbons (Fsp3) is 0.167. The maximum atomic E-state index is 12.0. The number of rotatable bonds is 6. The van der Waals surface area contributed by atoms with Crippen LogP contribution >= 0.6 is 0 Å². The van der Waals surface area contributed by atoms with Crippen LogP contribution in [0.2, 0.25) is 0 Å². The first-order valence-corrected chi connectivity index (χ1v) is 7.62. The largest absolute Gasteiger partial charge is 0.493 e. The molecule has 1 N–H and O–H groups in total. The number of para-hydroxylation sites is 2. The van der Waals surface area contributed by atoms with Crippen LogP contribution in [0.4, 0.5) is 5.95 Å². The van der Waals surface area contributed by atoms with E-state index in [2.05, 4.69) is 15.5 Å². The SMILES string of the molecule is COc1ccccc1OCC(=O)Nc1noc(-c2ccc(C)cc2)n1. The van der Waals surface area contributed by atoms with Crippen LogP contribution in [0.5, 0.6) is 11.5 Å². The van der Waals surface area contributed by atoms with Gasteiger partial charge in [-0.15, -0.1) is 0 Å². The molecule has 2 aromatic carbocycles. The Morgan fingerprint density at radius 2 is 1.84 bits per heavy atom. The molecule has 0 saturated heterocycles. The molecule has 0 spiro atoms. The summed E-state index contributed by atoms with van der Waals surface area (Å²) in [6, 6.07) is 14.7. The summed E-state index contributed by atoms with van der Waals surface area (Å²) in [5, 5.41) is 6.28. The number of aryl methyl sites for hydroxylation is 1. The fourth-order valence-electron chi connectivity index (χ4n) is 2.13. The van der Waals surface area contributed by atoms with Crippen molar-refractivity contribution in [2.45, 2.75) is 6.92 Å². The molecule has 1 amide bonds. The lowest BCUT2D eigenvalue weighted by Gasteiger charge is -2.09. The van der Waals surface area contributed by atoms with E-state index in [0.29, 0.717) is 17.4 Å². The molecule has 0 saturated carbocycles. The van der Waals surface area contributed by atoms with Gasteiger partial charge < -0.3 is 14.0 Å². The van der Waals surface area contributed by atoms with Crippen molar-refractivity contribution in [1.29, 1.82) is 0 Å². The smallest absolute Gasteiger partial charge is 0.270 e. The van der Waals surface area contributed by atoms with Gasteiger partial charge >= 0.3 is 0 Å². The van der Waals surface area contributed by atoms with Crippen LogP contribution in [0.1, 0.15) is 5.56 Å². The maximum Gasteiger partial charge on any atom is 0.270 e. The van der Waals surface area contributed by atoms with Crippen LogP contribution in [-0.4, -0.2) is 29.8 Å². The average molecular weight is 339 g/mol. The molecule has 7 heteroatoms. The van der Waals surface area contributed by atoms with Gasteiger partial charge in [-0.05, 0) is 36.3 Å². The van der Waals surface area contributed by atoms with E-state index in [9.17, 15) is 4.79 Å². The highest BCUT2D eigenvalue weighted by atomic mass is 16.5. The molecule has 0 atom stereocenters. The quantitative estimate of drug-likeness (QED) is 0.743. The molecule has 3 rings (SSSR count). The van der Waals surface area contributed by atoms with Gasteiger partial charge in [0.15, 0.2) is 18.1 Å². The first-order valence-electron chi connectivity index (χ1n) is 7.62. The average Bonchev–Trinajstić information content (AvgIpc) is 3.09. The Balaban J connectivity index is 1.59. The second-order valence-corrected chi connectivity index (χ2v) is 5.28. The third-order valence-corrected chi connectivity index (χ3v) is 3.40. The highest BCUT2D eigenvalue weighted by Gasteiger charge is 2.12. The fourth-order valence-corrected chi connectivity index (χ4v) is 2.13. The molecule has 0 aliphatic heterocycles. The summed E-state index contributed by atoms with van der Waals surface area (Å²) in [6.45, 7) is 1.79. The van der Waals surface area contributed by atoms with Crippen LogP contribution < -0.4 is 14.8 Å². The minimum atomic E-state index is -0.401. The Kier molecular flexibility index (Phi) is 4.94. The highest BCUT2D eigenvalue weighted by molar-refractivity contribution is 5.90. The van der Waals surface area contributed by atoms with E-state index in [-0.39, 0.29) is 12.6 Å². The predicted octanol–water partition coefficient (Wildman–Crippen LogP) is 3.07. The molecule has 0 bridgehead atoms. The summed E-state index contributed by atoms with van der Waals surface area (Å²) in [5.74, 6) is 1.05. The van der Waals surface area contributed by atoms with Gasteiger partial charge in [-0.25, -0.2) is 0 Å². The number of amides is 1. The molecule has 1 aromatic heterocycles. The zero-order chi connectivity index (χ0) is 17.6. The summed E-state index contributed by atoms with van der Waals surface area (Å²) in [6.07, 6.45) is 0. The number of hydrogen-bond donors (Lipinski definition) is 1. The van der Waals surface area contributed by atoms with Crippen LogP contribution in [0.3, 0.4) is 0 Å². The van der Waals surface area contributed by atoms with Crippen molar-refractivity contribution in [2.75, 3.05) is 19.0 Å². The molecule has 1 heterocycles. The number of methoxy groups -OCH3 is 1. The molecule has 25 heavy (non-hydrogen) atoms. The highest BCUT2D eigenvalue weighted by Crippen LogP contribution is 2.25. The molecule has 0 unspecified atom stereocenters. The van der Waals surface area contributed by atoms with Gasteiger partial charge in [0, 0.05) is 5.56 Å². The lowest BCUT2D eigenvalue weighted by Crippen LogP contribution is -2.21. The zero-order valence-electron chi connectivity index (χ0n) is 13.9. The number of ether oxygens (including phenoxy) is 2. The van der Waals surface area contributed by atoms with E-state index < -0.39 is 5.91 Å². The van der Waals surface area contributed by atoms with E-state index in [4.69, 9.17) is 14.0 Å². The van der Waals surface area contributed by atoms with Crippen molar-refractivity contribution < 1.29 is 18.8 Å². The topological polar surface area (TPSA) is 86.5 Å². The third kappa shape index (κ3) is 4.14. The molecule has 0 fully saturated rings. The Labute approximate surface area is 144 Å². The first kappa shape index (κ1) is 16.5. The van der Waals surface area contributed by atoms with Crippen molar-refractivity contribution in [1.82, 2.24) is 10.1 Å². The Bertz CT molecular complexity index is 859. The first-order chi connectivity index (χ1) is 12.2.